The number of benzene rings is 1. The first-order chi connectivity index (χ1) is 10.9. The van der Waals surface area contributed by atoms with Gasteiger partial charge in [0, 0.05) is 11.8 Å². The summed E-state index contributed by atoms with van der Waals surface area (Å²) in [7, 11) is 0. The molecule has 0 bridgehead atoms. The maximum absolute atomic E-state index is 12.1. The van der Waals surface area contributed by atoms with Gasteiger partial charge in [0.25, 0.3) is 0 Å². The van der Waals surface area contributed by atoms with Gasteiger partial charge in [-0.1, -0.05) is 19.9 Å². The van der Waals surface area contributed by atoms with Crippen LogP contribution in [-0.2, 0) is 4.79 Å². The van der Waals surface area contributed by atoms with Crippen LogP contribution in [0.4, 0.5) is 0 Å². The SMILES string of the molecule is CC(C)NC(=O)C1CSC(c2nc3ccc(C(C)C)cc3s2)=N1. The monoisotopic (exact) mass is 347 g/mol. The Hall–Kier alpha value is -1.40. The van der Waals surface area contributed by atoms with Gasteiger partial charge >= 0.3 is 0 Å². The Morgan fingerprint density at radius 3 is 2.78 bits per heavy atom. The van der Waals surface area contributed by atoms with Gasteiger partial charge in [0.2, 0.25) is 5.91 Å². The topological polar surface area (TPSA) is 54.4 Å². The van der Waals surface area contributed by atoms with Gasteiger partial charge in [-0.2, -0.15) is 0 Å². The van der Waals surface area contributed by atoms with Crippen molar-refractivity contribution in [2.24, 2.45) is 4.99 Å². The lowest BCUT2D eigenvalue weighted by molar-refractivity contribution is -0.122. The quantitative estimate of drug-likeness (QED) is 0.915. The third-order valence-electron chi connectivity index (χ3n) is 3.65. The number of hydrogen-bond donors (Lipinski definition) is 1. The maximum Gasteiger partial charge on any atom is 0.245 e. The van der Waals surface area contributed by atoms with Crippen molar-refractivity contribution in [2.45, 2.75) is 45.7 Å². The van der Waals surface area contributed by atoms with Gasteiger partial charge in [-0.25, -0.2) is 4.98 Å². The number of rotatable bonds is 4. The first-order valence-electron chi connectivity index (χ1n) is 7.86. The zero-order chi connectivity index (χ0) is 16.6. The molecule has 23 heavy (non-hydrogen) atoms. The Bertz CT molecular complexity index is 764. The summed E-state index contributed by atoms with van der Waals surface area (Å²) in [5.41, 5.74) is 2.33. The van der Waals surface area contributed by atoms with E-state index in [4.69, 9.17) is 0 Å². The summed E-state index contributed by atoms with van der Waals surface area (Å²) in [6, 6.07) is 6.27. The molecule has 2 heterocycles. The van der Waals surface area contributed by atoms with Crippen molar-refractivity contribution in [3.63, 3.8) is 0 Å². The van der Waals surface area contributed by atoms with Gasteiger partial charge in [-0.05, 0) is 37.5 Å². The second kappa shape index (κ2) is 6.61. The molecule has 1 N–H and O–H groups in total. The predicted molar refractivity (Wildman–Crippen MR) is 99.8 cm³/mol. The molecule has 1 aliphatic heterocycles. The number of thiazole rings is 1. The Morgan fingerprint density at radius 2 is 2.09 bits per heavy atom. The molecule has 6 heteroatoms. The lowest BCUT2D eigenvalue weighted by Crippen LogP contribution is -2.38. The summed E-state index contributed by atoms with van der Waals surface area (Å²) in [5.74, 6) is 1.21. The molecule has 1 unspecified atom stereocenters. The van der Waals surface area contributed by atoms with E-state index in [-0.39, 0.29) is 18.0 Å². The van der Waals surface area contributed by atoms with E-state index in [2.05, 4.69) is 47.3 Å². The van der Waals surface area contributed by atoms with E-state index in [0.717, 1.165) is 15.6 Å². The van der Waals surface area contributed by atoms with Crippen LogP contribution in [0.2, 0.25) is 0 Å². The first-order valence-corrected chi connectivity index (χ1v) is 9.66. The first kappa shape index (κ1) is 16.5. The van der Waals surface area contributed by atoms with Gasteiger partial charge in [-0.3, -0.25) is 9.79 Å². The highest BCUT2D eigenvalue weighted by molar-refractivity contribution is 8.15. The maximum atomic E-state index is 12.1. The number of amides is 1. The number of aliphatic imine (C=N–C) groups is 1. The zero-order valence-corrected chi connectivity index (χ0v) is 15.4. The van der Waals surface area contributed by atoms with Gasteiger partial charge in [0.1, 0.15) is 16.1 Å². The number of carbonyl (C=O) groups is 1. The third kappa shape index (κ3) is 3.58. The number of carbonyl (C=O) groups excluding carboxylic acids is 1. The van der Waals surface area contributed by atoms with Gasteiger partial charge in [-0.15, -0.1) is 23.1 Å². The molecule has 1 amide bonds. The van der Waals surface area contributed by atoms with Gasteiger partial charge in [0.05, 0.1) is 10.2 Å². The van der Waals surface area contributed by atoms with Crippen LogP contribution in [0.5, 0.6) is 0 Å². The number of aromatic nitrogens is 1. The molecular formula is C17H21N3OS2. The number of nitrogens with zero attached hydrogens (tertiary/aromatic N) is 2. The molecule has 0 saturated carbocycles. The van der Waals surface area contributed by atoms with Crippen LogP contribution in [0.15, 0.2) is 23.2 Å². The minimum Gasteiger partial charge on any atom is -0.352 e. The molecule has 122 valence electrons. The predicted octanol–water partition coefficient (Wildman–Crippen LogP) is 3.81. The lowest BCUT2D eigenvalue weighted by Gasteiger charge is -2.10. The fourth-order valence-corrected chi connectivity index (χ4v) is 4.52. The molecular weight excluding hydrogens is 326 g/mol. The number of hydrogen-bond acceptors (Lipinski definition) is 5. The van der Waals surface area contributed by atoms with Crippen molar-refractivity contribution in [2.75, 3.05) is 5.75 Å². The van der Waals surface area contributed by atoms with Crippen molar-refractivity contribution in [1.82, 2.24) is 10.3 Å². The van der Waals surface area contributed by atoms with Crippen molar-refractivity contribution in [3.8, 4) is 0 Å². The molecule has 2 aromatic rings. The Balaban J connectivity index is 1.84. The largest absolute Gasteiger partial charge is 0.352 e. The smallest absolute Gasteiger partial charge is 0.245 e. The van der Waals surface area contributed by atoms with Crippen LogP contribution in [-0.4, -0.2) is 33.8 Å². The van der Waals surface area contributed by atoms with Crippen LogP contribution < -0.4 is 5.32 Å². The van der Waals surface area contributed by atoms with Crippen LogP contribution in [0, 0.1) is 0 Å². The van der Waals surface area contributed by atoms with E-state index < -0.39 is 0 Å². The van der Waals surface area contributed by atoms with E-state index in [0.29, 0.717) is 11.7 Å². The highest BCUT2D eigenvalue weighted by Crippen LogP contribution is 2.31. The van der Waals surface area contributed by atoms with Gasteiger partial charge in [0.15, 0.2) is 0 Å². The standard InChI is InChI=1S/C17H21N3OS2/c1-9(2)11-5-6-12-14(7-11)23-17(19-12)16-20-13(8-22-16)15(21)18-10(3)4/h5-7,9-10,13H,8H2,1-4H3,(H,18,21). The van der Waals surface area contributed by atoms with Crippen molar-refractivity contribution >= 4 is 44.3 Å². The molecule has 4 nitrogen and oxygen atoms in total. The summed E-state index contributed by atoms with van der Waals surface area (Å²) >= 11 is 3.28. The Morgan fingerprint density at radius 1 is 1.30 bits per heavy atom. The van der Waals surface area contributed by atoms with Crippen LogP contribution in [0.3, 0.4) is 0 Å². The minimum atomic E-state index is -0.296. The fourth-order valence-electron chi connectivity index (χ4n) is 2.40. The highest BCUT2D eigenvalue weighted by Gasteiger charge is 2.27. The molecule has 0 radical (unpaired) electrons. The summed E-state index contributed by atoms with van der Waals surface area (Å²) in [6.07, 6.45) is 0. The van der Waals surface area contributed by atoms with Crippen LogP contribution >= 0.6 is 23.1 Å². The average molecular weight is 348 g/mol. The number of thioether (sulfide) groups is 1. The Labute approximate surface area is 144 Å². The fraction of sp³-hybridized carbons (Fsp3) is 0.471. The molecule has 1 atom stereocenters. The molecule has 1 aromatic carbocycles. The van der Waals surface area contributed by atoms with E-state index in [1.807, 2.05) is 13.8 Å². The molecule has 3 rings (SSSR count). The highest BCUT2D eigenvalue weighted by atomic mass is 32.2. The van der Waals surface area contributed by atoms with E-state index in [1.165, 1.54) is 10.3 Å². The molecule has 1 aliphatic rings. The number of nitrogens with one attached hydrogen (secondary N) is 1. The summed E-state index contributed by atoms with van der Waals surface area (Å²) < 4.78 is 1.18. The van der Waals surface area contributed by atoms with Crippen LogP contribution in [0.1, 0.15) is 44.2 Å². The minimum absolute atomic E-state index is 0.00528. The van der Waals surface area contributed by atoms with E-state index in [9.17, 15) is 4.79 Å². The molecule has 0 saturated heterocycles. The second-order valence-corrected chi connectivity index (χ2v) is 8.36. The molecule has 1 aromatic heterocycles. The average Bonchev–Trinajstić information content (AvgIpc) is 3.12. The van der Waals surface area contributed by atoms with Crippen molar-refractivity contribution < 1.29 is 4.79 Å². The van der Waals surface area contributed by atoms with Crippen LogP contribution in [0.25, 0.3) is 10.2 Å². The summed E-state index contributed by atoms with van der Waals surface area (Å²) in [4.78, 5) is 21.3. The molecule has 0 spiro atoms. The summed E-state index contributed by atoms with van der Waals surface area (Å²) in [6.45, 7) is 8.31. The molecule has 0 fully saturated rings. The normalized spacial score (nSPS) is 18.0. The second-order valence-electron chi connectivity index (χ2n) is 6.33. The molecule has 0 aliphatic carbocycles. The van der Waals surface area contributed by atoms with Crippen molar-refractivity contribution in [1.29, 1.82) is 0 Å². The zero-order valence-electron chi connectivity index (χ0n) is 13.8. The van der Waals surface area contributed by atoms with Crippen molar-refractivity contribution in [3.05, 3.63) is 28.8 Å². The third-order valence-corrected chi connectivity index (χ3v) is 5.86. The number of fused-ring (bicyclic) bond motifs is 1. The van der Waals surface area contributed by atoms with Gasteiger partial charge < -0.3 is 5.32 Å². The summed E-state index contributed by atoms with van der Waals surface area (Å²) in [5, 5.41) is 4.74. The van der Waals surface area contributed by atoms with E-state index >= 15 is 0 Å². The van der Waals surface area contributed by atoms with E-state index in [1.54, 1.807) is 23.1 Å². The Kier molecular flexibility index (Phi) is 4.73. The lowest BCUT2D eigenvalue weighted by atomic mass is 10.0.